The van der Waals surface area contributed by atoms with Gasteiger partial charge in [0.15, 0.2) is 0 Å². The molecule has 31 heavy (non-hydrogen) atoms. The highest BCUT2D eigenvalue weighted by atomic mass is 32.2. The highest BCUT2D eigenvalue weighted by Gasteiger charge is 2.23. The molecule has 0 aliphatic rings. The summed E-state index contributed by atoms with van der Waals surface area (Å²) >= 11 is 0. The SMILES string of the molecule is CN(CC(=O)NCCCn1cnc2ccccc21)S(=O)(=O)c1ccc2ccccc2c1. The van der Waals surface area contributed by atoms with E-state index < -0.39 is 10.0 Å². The highest BCUT2D eigenvalue weighted by molar-refractivity contribution is 7.89. The first kappa shape index (κ1) is 21.0. The maximum atomic E-state index is 12.9. The molecule has 0 fully saturated rings. The third-order valence-electron chi connectivity index (χ3n) is 5.22. The number of likely N-dealkylation sites (N-methyl/N-ethyl adjacent to an activating group) is 1. The quantitative estimate of drug-likeness (QED) is 0.430. The monoisotopic (exact) mass is 436 g/mol. The first-order valence-corrected chi connectivity index (χ1v) is 11.5. The number of nitrogens with one attached hydrogen (secondary N) is 1. The van der Waals surface area contributed by atoms with Crippen LogP contribution in [0.5, 0.6) is 0 Å². The zero-order chi connectivity index (χ0) is 21.8. The van der Waals surface area contributed by atoms with Crippen molar-refractivity contribution in [3.05, 3.63) is 73.1 Å². The summed E-state index contributed by atoms with van der Waals surface area (Å²) in [6, 6.07) is 20.4. The van der Waals surface area contributed by atoms with Gasteiger partial charge in [0.2, 0.25) is 15.9 Å². The molecule has 0 bridgehead atoms. The average molecular weight is 437 g/mol. The lowest BCUT2D eigenvalue weighted by Crippen LogP contribution is -2.38. The molecule has 7 nitrogen and oxygen atoms in total. The van der Waals surface area contributed by atoms with E-state index in [1.807, 2.05) is 53.1 Å². The van der Waals surface area contributed by atoms with Gasteiger partial charge in [-0.05, 0) is 41.5 Å². The van der Waals surface area contributed by atoms with E-state index in [4.69, 9.17) is 0 Å². The number of para-hydroxylation sites is 2. The first-order chi connectivity index (χ1) is 14.9. The van der Waals surface area contributed by atoms with Crippen LogP contribution in [0.25, 0.3) is 21.8 Å². The molecule has 0 atom stereocenters. The van der Waals surface area contributed by atoms with E-state index in [-0.39, 0.29) is 17.3 Å². The van der Waals surface area contributed by atoms with Gasteiger partial charge in [-0.25, -0.2) is 13.4 Å². The standard InChI is InChI=1S/C23H24N4O3S/c1-26(31(29,30)20-12-11-18-7-2-3-8-19(18)15-20)16-23(28)24-13-6-14-27-17-25-21-9-4-5-10-22(21)27/h2-5,7-12,15,17H,6,13-14,16H2,1H3,(H,24,28). The Labute approximate surface area is 181 Å². The van der Waals surface area contributed by atoms with Gasteiger partial charge >= 0.3 is 0 Å². The van der Waals surface area contributed by atoms with Crippen molar-refractivity contribution < 1.29 is 13.2 Å². The van der Waals surface area contributed by atoms with E-state index >= 15 is 0 Å². The van der Waals surface area contributed by atoms with Crippen molar-refractivity contribution in [3.8, 4) is 0 Å². The molecule has 3 aromatic carbocycles. The van der Waals surface area contributed by atoms with Gasteiger partial charge < -0.3 is 9.88 Å². The van der Waals surface area contributed by atoms with Crippen molar-refractivity contribution in [2.75, 3.05) is 20.1 Å². The van der Waals surface area contributed by atoms with Crippen LogP contribution in [0.15, 0.2) is 78.0 Å². The Bertz CT molecular complexity index is 1330. The van der Waals surface area contributed by atoms with Crippen LogP contribution < -0.4 is 5.32 Å². The van der Waals surface area contributed by atoms with E-state index in [1.54, 1.807) is 24.5 Å². The van der Waals surface area contributed by atoms with Crippen LogP contribution in [0.1, 0.15) is 6.42 Å². The largest absolute Gasteiger partial charge is 0.355 e. The minimum Gasteiger partial charge on any atom is -0.355 e. The molecule has 0 radical (unpaired) electrons. The van der Waals surface area contributed by atoms with Gasteiger partial charge in [-0.15, -0.1) is 0 Å². The van der Waals surface area contributed by atoms with Crippen molar-refractivity contribution in [3.63, 3.8) is 0 Å². The van der Waals surface area contributed by atoms with E-state index in [0.29, 0.717) is 19.5 Å². The smallest absolute Gasteiger partial charge is 0.243 e. The van der Waals surface area contributed by atoms with Crippen molar-refractivity contribution in [2.24, 2.45) is 0 Å². The lowest BCUT2D eigenvalue weighted by atomic mass is 10.1. The third kappa shape index (κ3) is 4.60. The van der Waals surface area contributed by atoms with Gasteiger partial charge in [0, 0.05) is 20.1 Å². The molecule has 1 N–H and O–H groups in total. The predicted molar refractivity (Wildman–Crippen MR) is 121 cm³/mol. The molecule has 1 aromatic heterocycles. The maximum Gasteiger partial charge on any atom is 0.243 e. The number of aryl methyl sites for hydroxylation is 1. The summed E-state index contributed by atoms with van der Waals surface area (Å²) in [5.74, 6) is -0.331. The molecular weight excluding hydrogens is 412 g/mol. The minimum atomic E-state index is -3.76. The van der Waals surface area contributed by atoms with Crippen LogP contribution >= 0.6 is 0 Å². The van der Waals surface area contributed by atoms with Crippen LogP contribution in [0.3, 0.4) is 0 Å². The van der Waals surface area contributed by atoms with Gasteiger partial charge in [-0.3, -0.25) is 4.79 Å². The Morgan fingerprint density at radius 1 is 1.03 bits per heavy atom. The first-order valence-electron chi connectivity index (χ1n) is 10.1. The van der Waals surface area contributed by atoms with Crippen molar-refractivity contribution in [2.45, 2.75) is 17.9 Å². The fourth-order valence-corrected chi connectivity index (χ4v) is 4.68. The molecule has 0 spiro atoms. The molecule has 4 aromatic rings. The number of carbonyl (C=O) groups is 1. The Hall–Kier alpha value is -3.23. The van der Waals surface area contributed by atoms with Crippen LogP contribution in [0.2, 0.25) is 0 Å². The summed E-state index contributed by atoms with van der Waals surface area (Å²) in [7, 11) is -2.34. The Morgan fingerprint density at radius 3 is 2.61 bits per heavy atom. The molecule has 0 saturated carbocycles. The number of amides is 1. The molecule has 4 rings (SSSR count). The highest BCUT2D eigenvalue weighted by Crippen LogP contribution is 2.21. The van der Waals surface area contributed by atoms with Gasteiger partial charge in [0.05, 0.1) is 28.8 Å². The number of hydrogen-bond donors (Lipinski definition) is 1. The molecule has 1 amide bonds. The maximum absolute atomic E-state index is 12.9. The molecule has 8 heteroatoms. The van der Waals surface area contributed by atoms with E-state index in [0.717, 1.165) is 26.1 Å². The molecule has 160 valence electrons. The van der Waals surface area contributed by atoms with E-state index in [9.17, 15) is 13.2 Å². The van der Waals surface area contributed by atoms with Crippen molar-refractivity contribution >= 4 is 37.7 Å². The minimum absolute atomic E-state index is 0.175. The fraction of sp³-hybridized carbons (Fsp3) is 0.217. The Morgan fingerprint density at radius 2 is 1.77 bits per heavy atom. The molecule has 0 aliphatic heterocycles. The molecule has 0 saturated heterocycles. The number of hydrogen-bond acceptors (Lipinski definition) is 4. The molecule has 0 unspecified atom stereocenters. The lowest BCUT2D eigenvalue weighted by Gasteiger charge is -2.17. The van der Waals surface area contributed by atoms with Crippen LogP contribution in [0, 0.1) is 0 Å². The number of rotatable bonds is 8. The number of aromatic nitrogens is 2. The summed E-state index contributed by atoms with van der Waals surface area (Å²) in [6.07, 6.45) is 2.50. The van der Waals surface area contributed by atoms with Gasteiger partial charge in [0.1, 0.15) is 0 Å². The fourth-order valence-electron chi connectivity index (χ4n) is 3.52. The number of imidazole rings is 1. The van der Waals surface area contributed by atoms with Crippen molar-refractivity contribution in [1.29, 1.82) is 0 Å². The number of nitrogens with zero attached hydrogens (tertiary/aromatic N) is 3. The van der Waals surface area contributed by atoms with Crippen LogP contribution in [-0.4, -0.2) is 48.3 Å². The van der Waals surface area contributed by atoms with Gasteiger partial charge in [-0.1, -0.05) is 42.5 Å². The zero-order valence-electron chi connectivity index (χ0n) is 17.2. The molecule has 1 heterocycles. The second kappa shape index (κ2) is 8.87. The van der Waals surface area contributed by atoms with E-state index in [1.165, 1.54) is 7.05 Å². The van der Waals surface area contributed by atoms with Gasteiger partial charge in [0.25, 0.3) is 0 Å². The second-order valence-electron chi connectivity index (χ2n) is 7.40. The lowest BCUT2D eigenvalue weighted by molar-refractivity contribution is -0.121. The zero-order valence-corrected chi connectivity index (χ0v) is 18.0. The van der Waals surface area contributed by atoms with E-state index in [2.05, 4.69) is 10.3 Å². The normalized spacial score (nSPS) is 11.9. The van der Waals surface area contributed by atoms with Gasteiger partial charge in [-0.2, -0.15) is 4.31 Å². The number of sulfonamides is 1. The Balaban J connectivity index is 1.31. The number of benzene rings is 3. The summed E-state index contributed by atoms with van der Waals surface area (Å²) in [5.41, 5.74) is 1.99. The van der Waals surface area contributed by atoms with Crippen LogP contribution in [0.4, 0.5) is 0 Å². The summed E-state index contributed by atoms with van der Waals surface area (Å²) < 4.78 is 28.8. The summed E-state index contributed by atoms with van der Waals surface area (Å²) in [6.45, 7) is 0.935. The molecule has 0 aliphatic carbocycles. The third-order valence-corrected chi connectivity index (χ3v) is 7.02. The Kier molecular flexibility index (Phi) is 6.01. The molecular formula is C23H24N4O3S. The van der Waals surface area contributed by atoms with Crippen LogP contribution in [-0.2, 0) is 21.4 Å². The topological polar surface area (TPSA) is 84.3 Å². The summed E-state index contributed by atoms with van der Waals surface area (Å²) in [4.78, 5) is 16.8. The van der Waals surface area contributed by atoms with Crippen molar-refractivity contribution in [1.82, 2.24) is 19.2 Å². The average Bonchev–Trinajstić information content (AvgIpc) is 3.19. The second-order valence-corrected chi connectivity index (χ2v) is 9.45. The number of fused-ring (bicyclic) bond motifs is 2. The summed E-state index contributed by atoms with van der Waals surface area (Å²) in [5, 5.41) is 4.60. The predicted octanol–water partition coefficient (Wildman–Crippen LogP) is 3.02. The number of carbonyl (C=O) groups excluding carboxylic acids is 1.